The summed E-state index contributed by atoms with van der Waals surface area (Å²) < 4.78 is 5.18. The summed E-state index contributed by atoms with van der Waals surface area (Å²) in [7, 11) is 3.95. The van der Waals surface area contributed by atoms with Gasteiger partial charge in [-0.15, -0.1) is 0 Å². The molecule has 0 spiro atoms. The molecule has 0 aromatic heterocycles. The molecule has 112 valence electrons. The average molecular weight is 276 g/mol. The Labute approximate surface area is 123 Å². The van der Waals surface area contributed by atoms with Gasteiger partial charge in [0.1, 0.15) is 5.75 Å². The summed E-state index contributed by atoms with van der Waals surface area (Å²) >= 11 is 0. The molecule has 2 rings (SSSR count). The third-order valence-corrected chi connectivity index (χ3v) is 4.15. The third-order valence-electron chi connectivity index (χ3n) is 4.15. The fourth-order valence-corrected chi connectivity index (χ4v) is 2.46. The maximum atomic E-state index is 5.18. The molecule has 0 radical (unpaired) electrons. The molecule has 1 aromatic rings. The molecule has 0 bridgehead atoms. The summed E-state index contributed by atoms with van der Waals surface area (Å²) in [6.45, 7) is 4.54. The number of ether oxygens (including phenoxy) is 1. The van der Waals surface area contributed by atoms with Crippen molar-refractivity contribution in [2.24, 2.45) is 0 Å². The number of aryl methyl sites for hydroxylation is 1. The zero-order valence-corrected chi connectivity index (χ0v) is 13.1. The number of rotatable bonds is 9. The summed E-state index contributed by atoms with van der Waals surface area (Å²) in [5.41, 5.74) is 1.38. The second-order valence-corrected chi connectivity index (χ2v) is 5.95. The van der Waals surface area contributed by atoms with Crippen molar-refractivity contribution in [1.29, 1.82) is 0 Å². The molecule has 20 heavy (non-hydrogen) atoms. The maximum absolute atomic E-state index is 5.18. The van der Waals surface area contributed by atoms with Crippen molar-refractivity contribution < 1.29 is 4.74 Å². The second kappa shape index (κ2) is 7.65. The van der Waals surface area contributed by atoms with Crippen molar-refractivity contribution in [3.8, 4) is 5.75 Å². The van der Waals surface area contributed by atoms with E-state index in [1.165, 1.54) is 24.8 Å². The van der Waals surface area contributed by atoms with Gasteiger partial charge in [-0.25, -0.2) is 0 Å². The molecule has 1 unspecified atom stereocenters. The Morgan fingerprint density at radius 3 is 2.60 bits per heavy atom. The molecule has 1 saturated carbocycles. The van der Waals surface area contributed by atoms with E-state index >= 15 is 0 Å². The van der Waals surface area contributed by atoms with Gasteiger partial charge in [-0.1, -0.05) is 12.1 Å². The fourth-order valence-electron chi connectivity index (χ4n) is 2.46. The first-order valence-corrected chi connectivity index (χ1v) is 7.75. The lowest BCUT2D eigenvalue weighted by Crippen LogP contribution is -2.35. The van der Waals surface area contributed by atoms with Gasteiger partial charge in [-0.3, -0.25) is 0 Å². The average Bonchev–Trinajstić information content (AvgIpc) is 3.30. The van der Waals surface area contributed by atoms with E-state index in [4.69, 9.17) is 4.74 Å². The Kier molecular flexibility index (Phi) is 5.86. The minimum atomic E-state index is 0.574. The van der Waals surface area contributed by atoms with Crippen LogP contribution in [0.15, 0.2) is 24.3 Å². The fraction of sp³-hybridized carbons (Fsp3) is 0.647. The third kappa shape index (κ3) is 5.14. The van der Waals surface area contributed by atoms with Gasteiger partial charge in [-0.2, -0.15) is 0 Å². The quantitative estimate of drug-likeness (QED) is 0.750. The topological polar surface area (TPSA) is 24.5 Å². The van der Waals surface area contributed by atoms with Gasteiger partial charge < -0.3 is 15.0 Å². The van der Waals surface area contributed by atoms with Crippen molar-refractivity contribution in [3.63, 3.8) is 0 Å². The normalized spacial score (nSPS) is 16.4. The van der Waals surface area contributed by atoms with Crippen LogP contribution in [-0.4, -0.2) is 44.2 Å². The number of benzene rings is 1. The highest BCUT2D eigenvalue weighted by molar-refractivity contribution is 5.27. The first kappa shape index (κ1) is 15.3. The number of hydrogen-bond donors (Lipinski definition) is 1. The van der Waals surface area contributed by atoms with Gasteiger partial charge in [0.05, 0.1) is 7.11 Å². The predicted octanol–water partition coefficient (Wildman–Crippen LogP) is 2.70. The zero-order chi connectivity index (χ0) is 14.4. The van der Waals surface area contributed by atoms with E-state index in [2.05, 4.69) is 36.3 Å². The molecule has 0 amide bonds. The minimum absolute atomic E-state index is 0.574. The standard InChI is InChI=1S/C17H28N2O/c1-14(18-12-13-19(2)16-8-9-16)4-5-15-6-10-17(20-3)11-7-15/h6-7,10-11,14,16,18H,4-5,8-9,12-13H2,1-3H3. The van der Waals surface area contributed by atoms with Crippen LogP contribution >= 0.6 is 0 Å². The molecule has 1 aromatic carbocycles. The largest absolute Gasteiger partial charge is 0.497 e. The molecule has 0 heterocycles. The number of methoxy groups -OCH3 is 1. The van der Waals surface area contributed by atoms with Gasteiger partial charge in [0.2, 0.25) is 0 Å². The van der Waals surface area contributed by atoms with Crippen molar-refractivity contribution >= 4 is 0 Å². The van der Waals surface area contributed by atoms with E-state index in [1.807, 2.05) is 12.1 Å². The lowest BCUT2D eigenvalue weighted by molar-refractivity contribution is 0.314. The molecule has 1 N–H and O–H groups in total. The minimum Gasteiger partial charge on any atom is -0.497 e. The van der Waals surface area contributed by atoms with Crippen molar-refractivity contribution in [2.75, 3.05) is 27.2 Å². The van der Waals surface area contributed by atoms with Gasteiger partial charge in [-0.05, 0) is 57.4 Å². The number of nitrogens with zero attached hydrogens (tertiary/aromatic N) is 1. The Bertz CT molecular complexity index is 386. The number of likely N-dealkylation sites (N-methyl/N-ethyl adjacent to an activating group) is 1. The zero-order valence-electron chi connectivity index (χ0n) is 13.1. The molecule has 1 aliphatic rings. The molecule has 0 aliphatic heterocycles. The highest BCUT2D eigenvalue weighted by atomic mass is 16.5. The van der Waals surface area contributed by atoms with E-state index < -0.39 is 0 Å². The van der Waals surface area contributed by atoms with Crippen LogP contribution in [0.2, 0.25) is 0 Å². The molecule has 1 atom stereocenters. The van der Waals surface area contributed by atoms with Gasteiger partial charge in [0.25, 0.3) is 0 Å². The SMILES string of the molecule is COc1ccc(CCC(C)NCCN(C)C2CC2)cc1. The molecule has 0 saturated heterocycles. The first-order valence-electron chi connectivity index (χ1n) is 7.75. The first-order chi connectivity index (χ1) is 9.69. The van der Waals surface area contributed by atoms with Crippen LogP contribution in [-0.2, 0) is 6.42 Å². The lowest BCUT2D eigenvalue weighted by Gasteiger charge is -2.19. The Morgan fingerprint density at radius 1 is 1.30 bits per heavy atom. The van der Waals surface area contributed by atoms with E-state index in [0.29, 0.717) is 6.04 Å². The van der Waals surface area contributed by atoms with E-state index in [1.54, 1.807) is 7.11 Å². The van der Waals surface area contributed by atoms with Gasteiger partial charge in [0, 0.05) is 25.2 Å². The predicted molar refractivity (Wildman–Crippen MR) is 84.4 cm³/mol. The van der Waals surface area contributed by atoms with Gasteiger partial charge >= 0.3 is 0 Å². The summed E-state index contributed by atoms with van der Waals surface area (Å²) in [6.07, 6.45) is 5.09. The Morgan fingerprint density at radius 2 is 2.00 bits per heavy atom. The van der Waals surface area contributed by atoms with Crippen LogP contribution in [0.25, 0.3) is 0 Å². The van der Waals surface area contributed by atoms with Crippen LogP contribution in [0, 0.1) is 0 Å². The van der Waals surface area contributed by atoms with Crippen LogP contribution in [0.4, 0.5) is 0 Å². The van der Waals surface area contributed by atoms with E-state index in [9.17, 15) is 0 Å². The van der Waals surface area contributed by atoms with Crippen molar-refractivity contribution in [1.82, 2.24) is 10.2 Å². The Balaban J connectivity index is 1.59. The number of hydrogen-bond acceptors (Lipinski definition) is 3. The summed E-state index contributed by atoms with van der Waals surface area (Å²) in [5.74, 6) is 0.933. The van der Waals surface area contributed by atoms with Gasteiger partial charge in [0.15, 0.2) is 0 Å². The molecular formula is C17H28N2O. The summed E-state index contributed by atoms with van der Waals surface area (Å²) in [6, 6.07) is 9.84. The molecule has 3 nitrogen and oxygen atoms in total. The number of nitrogens with one attached hydrogen (secondary N) is 1. The second-order valence-electron chi connectivity index (χ2n) is 5.95. The summed E-state index contributed by atoms with van der Waals surface area (Å²) in [5, 5.41) is 3.62. The van der Waals surface area contributed by atoms with Crippen molar-refractivity contribution in [3.05, 3.63) is 29.8 Å². The van der Waals surface area contributed by atoms with Crippen molar-refractivity contribution in [2.45, 2.75) is 44.7 Å². The summed E-state index contributed by atoms with van der Waals surface area (Å²) in [4.78, 5) is 2.48. The molecule has 3 heteroatoms. The van der Waals surface area contributed by atoms with E-state index in [-0.39, 0.29) is 0 Å². The van der Waals surface area contributed by atoms with Crippen LogP contribution in [0.5, 0.6) is 5.75 Å². The van der Waals surface area contributed by atoms with Crippen LogP contribution < -0.4 is 10.1 Å². The lowest BCUT2D eigenvalue weighted by atomic mass is 10.1. The van der Waals surface area contributed by atoms with E-state index in [0.717, 1.165) is 31.3 Å². The molecular weight excluding hydrogens is 248 g/mol. The Hall–Kier alpha value is -1.06. The molecule has 1 aliphatic carbocycles. The molecule has 1 fully saturated rings. The maximum Gasteiger partial charge on any atom is 0.118 e. The smallest absolute Gasteiger partial charge is 0.118 e. The highest BCUT2D eigenvalue weighted by Gasteiger charge is 2.25. The van der Waals surface area contributed by atoms with Crippen LogP contribution in [0.3, 0.4) is 0 Å². The highest BCUT2D eigenvalue weighted by Crippen LogP contribution is 2.24. The van der Waals surface area contributed by atoms with Crippen LogP contribution in [0.1, 0.15) is 31.7 Å². The monoisotopic (exact) mass is 276 g/mol.